The van der Waals surface area contributed by atoms with E-state index >= 15 is 0 Å². The van der Waals surface area contributed by atoms with E-state index in [1.807, 2.05) is 51.3 Å². The standard InChI is InChI=1S/C18H38N4O2/c1-17(2,3)21(15(23)19(7)8)13-11-12-14-22(18(4,5)6)16(24)20(9)10/h11-14H2,1-10H3. The van der Waals surface area contributed by atoms with E-state index < -0.39 is 0 Å². The summed E-state index contributed by atoms with van der Waals surface area (Å²) < 4.78 is 0. The van der Waals surface area contributed by atoms with Crippen molar-refractivity contribution < 1.29 is 9.59 Å². The van der Waals surface area contributed by atoms with Gasteiger partial charge in [-0.1, -0.05) is 0 Å². The number of hydrogen-bond acceptors (Lipinski definition) is 2. The predicted molar refractivity (Wildman–Crippen MR) is 100 cm³/mol. The van der Waals surface area contributed by atoms with Crippen LogP contribution in [0.5, 0.6) is 0 Å². The summed E-state index contributed by atoms with van der Waals surface area (Å²) in [5, 5.41) is 0. The number of amides is 4. The molecule has 0 rings (SSSR count). The molecule has 0 radical (unpaired) electrons. The summed E-state index contributed by atoms with van der Waals surface area (Å²) in [6, 6.07) is 0.0547. The Labute approximate surface area is 148 Å². The van der Waals surface area contributed by atoms with Crippen molar-refractivity contribution >= 4 is 12.1 Å². The number of nitrogens with zero attached hydrogens (tertiary/aromatic N) is 4. The summed E-state index contributed by atoms with van der Waals surface area (Å²) >= 11 is 0. The fourth-order valence-corrected chi connectivity index (χ4v) is 2.46. The average Bonchev–Trinajstić information content (AvgIpc) is 2.38. The summed E-state index contributed by atoms with van der Waals surface area (Å²) in [5.74, 6) is 0. The van der Waals surface area contributed by atoms with Crippen LogP contribution in [-0.2, 0) is 0 Å². The second-order valence-corrected chi connectivity index (χ2v) is 8.71. The molecule has 24 heavy (non-hydrogen) atoms. The molecule has 6 heteroatoms. The summed E-state index contributed by atoms with van der Waals surface area (Å²) in [6.45, 7) is 13.7. The second kappa shape index (κ2) is 8.58. The van der Waals surface area contributed by atoms with Crippen LogP contribution in [0.25, 0.3) is 0 Å². The second-order valence-electron chi connectivity index (χ2n) is 8.71. The zero-order valence-electron chi connectivity index (χ0n) is 17.4. The molecule has 0 N–H and O–H groups in total. The van der Waals surface area contributed by atoms with Gasteiger partial charge in [-0.05, 0) is 54.4 Å². The van der Waals surface area contributed by atoms with Gasteiger partial charge in [0.1, 0.15) is 0 Å². The van der Waals surface area contributed by atoms with Gasteiger partial charge in [-0.2, -0.15) is 0 Å². The number of unbranched alkanes of at least 4 members (excludes halogenated alkanes) is 1. The van der Waals surface area contributed by atoms with Crippen LogP contribution in [0.1, 0.15) is 54.4 Å². The fourth-order valence-electron chi connectivity index (χ4n) is 2.46. The van der Waals surface area contributed by atoms with Crippen molar-refractivity contribution in [2.45, 2.75) is 65.5 Å². The molecule has 0 fully saturated rings. The molecule has 0 unspecified atom stereocenters. The Hall–Kier alpha value is -1.46. The third-order valence-electron chi connectivity index (χ3n) is 3.86. The molecule has 6 nitrogen and oxygen atoms in total. The van der Waals surface area contributed by atoms with Crippen molar-refractivity contribution in [2.24, 2.45) is 0 Å². The lowest BCUT2D eigenvalue weighted by molar-refractivity contribution is 0.110. The highest BCUT2D eigenvalue weighted by atomic mass is 16.2. The maximum absolute atomic E-state index is 12.4. The zero-order chi connectivity index (χ0) is 19.3. The van der Waals surface area contributed by atoms with Gasteiger partial charge >= 0.3 is 12.1 Å². The lowest BCUT2D eigenvalue weighted by atomic mass is 10.0. The molecule has 0 aromatic heterocycles. The van der Waals surface area contributed by atoms with Crippen LogP contribution >= 0.6 is 0 Å². The van der Waals surface area contributed by atoms with Gasteiger partial charge in [-0.3, -0.25) is 0 Å². The van der Waals surface area contributed by atoms with Gasteiger partial charge in [0.05, 0.1) is 0 Å². The smallest absolute Gasteiger partial charge is 0.319 e. The first-order chi connectivity index (χ1) is 10.7. The Morgan fingerprint density at radius 2 is 0.875 bits per heavy atom. The van der Waals surface area contributed by atoms with E-state index in [1.165, 1.54) is 0 Å². The van der Waals surface area contributed by atoms with Gasteiger partial charge in [0.25, 0.3) is 0 Å². The normalized spacial score (nSPS) is 11.9. The van der Waals surface area contributed by atoms with Crippen molar-refractivity contribution in [3.8, 4) is 0 Å². The van der Waals surface area contributed by atoms with Gasteiger partial charge in [-0.15, -0.1) is 0 Å². The first-order valence-electron chi connectivity index (χ1n) is 8.67. The van der Waals surface area contributed by atoms with Gasteiger partial charge in [0, 0.05) is 52.4 Å². The van der Waals surface area contributed by atoms with E-state index in [2.05, 4.69) is 0 Å². The predicted octanol–water partition coefficient (Wildman–Crippen LogP) is 3.33. The van der Waals surface area contributed by atoms with Crippen LogP contribution in [0.15, 0.2) is 0 Å². The fraction of sp³-hybridized carbons (Fsp3) is 0.889. The minimum atomic E-state index is -0.218. The molecule has 0 aliphatic rings. The van der Waals surface area contributed by atoms with Crippen LogP contribution in [0.2, 0.25) is 0 Å². The van der Waals surface area contributed by atoms with E-state index in [-0.39, 0.29) is 23.1 Å². The van der Waals surface area contributed by atoms with Crippen LogP contribution in [0.4, 0.5) is 9.59 Å². The maximum atomic E-state index is 12.4. The lowest BCUT2D eigenvalue weighted by Gasteiger charge is -2.39. The van der Waals surface area contributed by atoms with E-state index in [9.17, 15) is 9.59 Å². The molecule has 4 amide bonds. The van der Waals surface area contributed by atoms with Gasteiger partial charge in [0.2, 0.25) is 0 Å². The number of hydrogen-bond donors (Lipinski definition) is 0. The Balaban J connectivity index is 4.76. The quantitative estimate of drug-likeness (QED) is 0.720. The van der Waals surface area contributed by atoms with Crippen molar-refractivity contribution in [1.82, 2.24) is 19.6 Å². The van der Waals surface area contributed by atoms with Gasteiger partial charge in [0.15, 0.2) is 0 Å². The highest BCUT2D eigenvalue weighted by Crippen LogP contribution is 2.18. The van der Waals surface area contributed by atoms with Gasteiger partial charge < -0.3 is 19.6 Å². The summed E-state index contributed by atoms with van der Waals surface area (Å²) in [7, 11) is 7.10. The Morgan fingerprint density at radius 1 is 0.625 bits per heavy atom. The SMILES string of the molecule is CN(C)C(=O)N(CCCCN(C(=O)N(C)C)C(C)(C)C)C(C)(C)C. The highest BCUT2D eigenvalue weighted by molar-refractivity contribution is 5.75. The Bertz CT molecular complexity index is 380. The molecule has 0 heterocycles. The van der Waals surface area contributed by atoms with Gasteiger partial charge in [-0.25, -0.2) is 9.59 Å². The first kappa shape index (κ1) is 22.5. The Morgan fingerprint density at radius 3 is 1.04 bits per heavy atom. The van der Waals surface area contributed by atoms with E-state index in [4.69, 9.17) is 0 Å². The van der Waals surface area contributed by atoms with Crippen LogP contribution < -0.4 is 0 Å². The van der Waals surface area contributed by atoms with Crippen molar-refractivity contribution in [3.05, 3.63) is 0 Å². The Kier molecular flexibility index (Phi) is 8.06. The molecule has 0 saturated carbocycles. The molecular formula is C18H38N4O2. The molecule has 0 atom stereocenters. The third kappa shape index (κ3) is 6.97. The van der Waals surface area contributed by atoms with E-state index in [1.54, 1.807) is 38.0 Å². The van der Waals surface area contributed by atoms with Crippen molar-refractivity contribution in [1.29, 1.82) is 0 Å². The number of carbonyl (C=O) groups is 2. The topological polar surface area (TPSA) is 47.1 Å². The maximum Gasteiger partial charge on any atom is 0.319 e. The monoisotopic (exact) mass is 342 g/mol. The van der Waals surface area contributed by atoms with E-state index in [0.717, 1.165) is 12.8 Å². The number of rotatable bonds is 5. The average molecular weight is 343 g/mol. The molecule has 0 aromatic rings. The first-order valence-corrected chi connectivity index (χ1v) is 8.67. The molecule has 0 bridgehead atoms. The van der Waals surface area contributed by atoms with Crippen LogP contribution in [0, 0.1) is 0 Å². The number of urea groups is 2. The molecule has 142 valence electrons. The summed E-state index contributed by atoms with van der Waals surface area (Å²) in [5.41, 5.74) is -0.435. The highest BCUT2D eigenvalue weighted by Gasteiger charge is 2.29. The molecule has 0 aromatic carbocycles. The number of carbonyl (C=O) groups excluding carboxylic acids is 2. The third-order valence-corrected chi connectivity index (χ3v) is 3.86. The molecule has 0 aliphatic carbocycles. The molecular weight excluding hydrogens is 304 g/mol. The summed E-state index contributed by atoms with van der Waals surface area (Å²) in [4.78, 5) is 31.7. The van der Waals surface area contributed by atoms with Crippen LogP contribution in [-0.4, -0.2) is 84.0 Å². The van der Waals surface area contributed by atoms with Crippen molar-refractivity contribution in [3.63, 3.8) is 0 Å². The van der Waals surface area contributed by atoms with E-state index in [0.29, 0.717) is 13.1 Å². The minimum Gasteiger partial charge on any atom is -0.331 e. The molecule has 0 spiro atoms. The molecule has 0 aliphatic heterocycles. The lowest BCUT2D eigenvalue weighted by Crippen LogP contribution is -2.51. The van der Waals surface area contributed by atoms with Crippen LogP contribution in [0.3, 0.4) is 0 Å². The van der Waals surface area contributed by atoms with Crippen molar-refractivity contribution in [2.75, 3.05) is 41.3 Å². The largest absolute Gasteiger partial charge is 0.331 e. The minimum absolute atomic E-state index is 0.0274. The molecule has 0 saturated heterocycles. The zero-order valence-corrected chi connectivity index (χ0v) is 17.4. The summed E-state index contributed by atoms with van der Waals surface area (Å²) in [6.07, 6.45) is 1.73.